The molecule has 1 fully saturated rings. The van der Waals surface area contributed by atoms with Crippen LogP contribution in [-0.4, -0.2) is 27.9 Å². The standard InChI is InChI=1S/C10H18N4/c1-2-10-12-8-14(13-10)7-9-3-5-11-6-4-9/h8-9,11H,2-7H2,1H3. The second-order valence-electron chi connectivity index (χ2n) is 3.93. The molecule has 2 rings (SSSR count). The lowest BCUT2D eigenvalue weighted by atomic mass is 9.98. The summed E-state index contributed by atoms with van der Waals surface area (Å²) in [6, 6.07) is 0. The molecule has 1 aromatic rings. The first kappa shape index (κ1) is 9.65. The molecule has 1 aliphatic heterocycles. The van der Waals surface area contributed by atoms with E-state index >= 15 is 0 Å². The fourth-order valence-electron chi connectivity index (χ4n) is 1.91. The van der Waals surface area contributed by atoms with Gasteiger partial charge in [0.05, 0.1) is 0 Å². The predicted molar refractivity (Wildman–Crippen MR) is 55.0 cm³/mol. The molecule has 0 unspecified atom stereocenters. The average Bonchev–Trinajstić information content (AvgIpc) is 2.67. The number of nitrogens with zero attached hydrogens (tertiary/aromatic N) is 3. The van der Waals surface area contributed by atoms with Gasteiger partial charge in [-0.05, 0) is 31.8 Å². The van der Waals surface area contributed by atoms with Crippen molar-refractivity contribution in [2.24, 2.45) is 5.92 Å². The Hall–Kier alpha value is -0.900. The van der Waals surface area contributed by atoms with Gasteiger partial charge >= 0.3 is 0 Å². The maximum atomic E-state index is 4.41. The van der Waals surface area contributed by atoms with E-state index in [1.807, 2.05) is 11.0 Å². The second kappa shape index (κ2) is 4.55. The van der Waals surface area contributed by atoms with Crippen LogP contribution in [0.5, 0.6) is 0 Å². The molecule has 1 aromatic heterocycles. The maximum Gasteiger partial charge on any atom is 0.150 e. The zero-order valence-electron chi connectivity index (χ0n) is 8.74. The molecular weight excluding hydrogens is 176 g/mol. The SMILES string of the molecule is CCc1ncn(CC2CCNCC2)n1. The largest absolute Gasteiger partial charge is 0.317 e. The highest BCUT2D eigenvalue weighted by atomic mass is 15.3. The first-order valence-corrected chi connectivity index (χ1v) is 5.47. The Morgan fingerprint density at radius 3 is 2.93 bits per heavy atom. The van der Waals surface area contributed by atoms with Gasteiger partial charge < -0.3 is 5.32 Å². The molecule has 0 radical (unpaired) electrons. The van der Waals surface area contributed by atoms with Gasteiger partial charge in [0.1, 0.15) is 12.2 Å². The smallest absolute Gasteiger partial charge is 0.150 e. The third-order valence-electron chi connectivity index (χ3n) is 2.80. The van der Waals surface area contributed by atoms with E-state index in [2.05, 4.69) is 22.3 Å². The van der Waals surface area contributed by atoms with Gasteiger partial charge in [0, 0.05) is 13.0 Å². The average molecular weight is 194 g/mol. The maximum absolute atomic E-state index is 4.41. The minimum atomic E-state index is 0.780. The zero-order chi connectivity index (χ0) is 9.80. The van der Waals surface area contributed by atoms with Crippen molar-refractivity contribution in [1.82, 2.24) is 20.1 Å². The highest BCUT2D eigenvalue weighted by molar-refractivity contribution is 4.80. The van der Waals surface area contributed by atoms with E-state index in [-0.39, 0.29) is 0 Å². The van der Waals surface area contributed by atoms with Crippen molar-refractivity contribution in [3.05, 3.63) is 12.2 Å². The van der Waals surface area contributed by atoms with Gasteiger partial charge in [-0.15, -0.1) is 0 Å². The van der Waals surface area contributed by atoms with Gasteiger partial charge in [-0.3, -0.25) is 4.68 Å². The summed E-state index contributed by atoms with van der Waals surface area (Å²) in [4.78, 5) is 4.24. The normalized spacial score (nSPS) is 18.6. The summed E-state index contributed by atoms with van der Waals surface area (Å²) in [5, 5.41) is 7.78. The van der Waals surface area contributed by atoms with Crippen LogP contribution in [0.4, 0.5) is 0 Å². The molecule has 14 heavy (non-hydrogen) atoms. The molecule has 1 aliphatic rings. The van der Waals surface area contributed by atoms with Crippen LogP contribution in [-0.2, 0) is 13.0 Å². The third-order valence-corrected chi connectivity index (χ3v) is 2.80. The first-order chi connectivity index (χ1) is 6.88. The van der Waals surface area contributed by atoms with Crippen LogP contribution in [0.2, 0.25) is 0 Å². The Bertz CT molecular complexity index is 275. The van der Waals surface area contributed by atoms with Crippen LogP contribution in [0, 0.1) is 5.92 Å². The lowest BCUT2D eigenvalue weighted by Crippen LogP contribution is -2.30. The molecule has 1 N–H and O–H groups in total. The van der Waals surface area contributed by atoms with Crippen LogP contribution < -0.4 is 5.32 Å². The Morgan fingerprint density at radius 2 is 2.29 bits per heavy atom. The lowest BCUT2D eigenvalue weighted by Gasteiger charge is -2.21. The Balaban J connectivity index is 1.89. The Morgan fingerprint density at radius 1 is 1.50 bits per heavy atom. The Labute approximate surface area is 84.7 Å². The van der Waals surface area contributed by atoms with Gasteiger partial charge in [0.15, 0.2) is 0 Å². The fourth-order valence-corrected chi connectivity index (χ4v) is 1.91. The minimum Gasteiger partial charge on any atom is -0.317 e. The van der Waals surface area contributed by atoms with Crippen LogP contribution >= 0.6 is 0 Å². The van der Waals surface area contributed by atoms with Crippen molar-refractivity contribution in [3.63, 3.8) is 0 Å². The number of piperidine rings is 1. The molecule has 4 heteroatoms. The number of nitrogens with one attached hydrogen (secondary N) is 1. The molecule has 0 saturated carbocycles. The Kier molecular flexibility index (Phi) is 3.14. The predicted octanol–water partition coefficient (Wildman–Crippen LogP) is 0.840. The van der Waals surface area contributed by atoms with Crippen molar-refractivity contribution in [2.75, 3.05) is 13.1 Å². The minimum absolute atomic E-state index is 0.780. The molecule has 4 nitrogen and oxygen atoms in total. The summed E-state index contributed by atoms with van der Waals surface area (Å²) in [5.41, 5.74) is 0. The topological polar surface area (TPSA) is 42.7 Å². The van der Waals surface area contributed by atoms with Crippen molar-refractivity contribution < 1.29 is 0 Å². The second-order valence-corrected chi connectivity index (χ2v) is 3.93. The molecule has 0 spiro atoms. The van der Waals surface area contributed by atoms with Gasteiger partial charge in [0.2, 0.25) is 0 Å². The number of aryl methyl sites for hydroxylation is 1. The fraction of sp³-hybridized carbons (Fsp3) is 0.800. The summed E-state index contributed by atoms with van der Waals surface area (Å²) in [7, 11) is 0. The molecule has 0 amide bonds. The highest BCUT2D eigenvalue weighted by Crippen LogP contribution is 2.13. The summed E-state index contributed by atoms with van der Waals surface area (Å²) in [6.45, 7) is 5.43. The molecular formula is C10H18N4. The van der Waals surface area contributed by atoms with Gasteiger partial charge in [-0.1, -0.05) is 6.92 Å². The van der Waals surface area contributed by atoms with Crippen LogP contribution in [0.3, 0.4) is 0 Å². The molecule has 0 bridgehead atoms. The van der Waals surface area contributed by atoms with Gasteiger partial charge in [0.25, 0.3) is 0 Å². The van der Waals surface area contributed by atoms with Crippen molar-refractivity contribution >= 4 is 0 Å². The molecule has 0 atom stereocenters. The van der Waals surface area contributed by atoms with Crippen LogP contribution in [0.25, 0.3) is 0 Å². The highest BCUT2D eigenvalue weighted by Gasteiger charge is 2.13. The van der Waals surface area contributed by atoms with Crippen molar-refractivity contribution in [1.29, 1.82) is 0 Å². The van der Waals surface area contributed by atoms with E-state index in [1.54, 1.807) is 0 Å². The van der Waals surface area contributed by atoms with E-state index < -0.39 is 0 Å². The van der Waals surface area contributed by atoms with Crippen molar-refractivity contribution in [2.45, 2.75) is 32.7 Å². The summed E-state index contributed by atoms with van der Waals surface area (Å²) >= 11 is 0. The number of hydrogen-bond donors (Lipinski definition) is 1. The van der Waals surface area contributed by atoms with E-state index in [4.69, 9.17) is 0 Å². The number of hydrogen-bond acceptors (Lipinski definition) is 3. The number of aromatic nitrogens is 3. The van der Waals surface area contributed by atoms with E-state index in [9.17, 15) is 0 Å². The van der Waals surface area contributed by atoms with E-state index in [0.717, 1.165) is 37.8 Å². The third kappa shape index (κ3) is 2.32. The molecule has 0 aromatic carbocycles. The zero-order valence-corrected chi connectivity index (χ0v) is 8.74. The summed E-state index contributed by atoms with van der Waals surface area (Å²) < 4.78 is 1.99. The molecule has 2 heterocycles. The molecule has 0 aliphatic carbocycles. The van der Waals surface area contributed by atoms with E-state index in [1.165, 1.54) is 12.8 Å². The number of rotatable bonds is 3. The summed E-state index contributed by atoms with van der Waals surface area (Å²) in [6.07, 6.45) is 5.32. The summed E-state index contributed by atoms with van der Waals surface area (Å²) in [5.74, 6) is 1.74. The van der Waals surface area contributed by atoms with Crippen LogP contribution in [0.1, 0.15) is 25.6 Å². The van der Waals surface area contributed by atoms with Crippen LogP contribution in [0.15, 0.2) is 6.33 Å². The molecule has 78 valence electrons. The van der Waals surface area contributed by atoms with Gasteiger partial charge in [-0.25, -0.2) is 4.98 Å². The monoisotopic (exact) mass is 194 g/mol. The van der Waals surface area contributed by atoms with Crippen molar-refractivity contribution in [3.8, 4) is 0 Å². The molecule has 1 saturated heterocycles. The first-order valence-electron chi connectivity index (χ1n) is 5.47. The van der Waals surface area contributed by atoms with Gasteiger partial charge in [-0.2, -0.15) is 5.10 Å². The lowest BCUT2D eigenvalue weighted by molar-refractivity contribution is 0.320. The van der Waals surface area contributed by atoms with E-state index in [0.29, 0.717) is 0 Å². The quantitative estimate of drug-likeness (QED) is 0.775.